The lowest BCUT2D eigenvalue weighted by atomic mass is 9.99. The van der Waals surface area contributed by atoms with Gasteiger partial charge in [-0.3, -0.25) is 0 Å². The Morgan fingerprint density at radius 3 is 3.12 bits per heavy atom. The van der Waals surface area contributed by atoms with E-state index in [9.17, 15) is 4.39 Å². The quantitative estimate of drug-likeness (QED) is 0.890. The lowest BCUT2D eigenvalue weighted by Crippen LogP contribution is -2.21. The number of benzene rings is 1. The molecule has 88 valence electrons. The van der Waals surface area contributed by atoms with Gasteiger partial charge in [-0.05, 0) is 42.0 Å². The van der Waals surface area contributed by atoms with Gasteiger partial charge in [-0.2, -0.15) is 11.8 Å². The number of hydrogen-bond acceptors (Lipinski definition) is 2. The lowest BCUT2D eigenvalue weighted by molar-refractivity contribution is 0.534. The summed E-state index contributed by atoms with van der Waals surface area (Å²) in [7, 11) is 0. The van der Waals surface area contributed by atoms with E-state index in [2.05, 4.69) is 28.2 Å². The fourth-order valence-corrected chi connectivity index (χ4v) is 3.92. The Balaban J connectivity index is 2.43. The third kappa shape index (κ3) is 2.60. The third-order valence-corrected chi connectivity index (χ3v) is 4.54. The zero-order chi connectivity index (χ0) is 11.5. The van der Waals surface area contributed by atoms with Gasteiger partial charge in [0.15, 0.2) is 0 Å². The second-order valence-electron chi connectivity index (χ2n) is 3.91. The summed E-state index contributed by atoms with van der Waals surface area (Å²) in [6.07, 6.45) is 1.07. The van der Waals surface area contributed by atoms with Crippen molar-refractivity contribution < 1.29 is 4.39 Å². The number of nitrogens with one attached hydrogen (secondary N) is 1. The highest BCUT2D eigenvalue weighted by Crippen LogP contribution is 2.35. The van der Waals surface area contributed by atoms with E-state index in [1.54, 1.807) is 12.1 Å². The van der Waals surface area contributed by atoms with Crippen molar-refractivity contribution in [2.24, 2.45) is 0 Å². The molecule has 1 aliphatic rings. The Morgan fingerprint density at radius 1 is 1.56 bits per heavy atom. The molecule has 4 heteroatoms. The predicted octanol–water partition coefficient (Wildman–Crippen LogP) is 3.88. The van der Waals surface area contributed by atoms with E-state index < -0.39 is 0 Å². The van der Waals surface area contributed by atoms with E-state index in [4.69, 9.17) is 0 Å². The van der Waals surface area contributed by atoms with Crippen LogP contribution in [0, 0.1) is 5.82 Å². The molecule has 0 bridgehead atoms. The number of halogens is 2. The summed E-state index contributed by atoms with van der Waals surface area (Å²) >= 11 is 5.38. The number of hydrogen-bond donors (Lipinski definition) is 1. The minimum absolute atomic E-state index is 0.152. The van der Waals surface area contributed by atoms with Crippen LogP contribution in [-0.4, -0.2) is 12.3 Å². The molecule has 0 aromatic heterocycles. The number of fused-ring (bicyclic) bond motifs is 1. The molecule has 0 fully saturated rings. The highest BCUT2D eigenvalue weighted by molar-refractivity contribution is 9.10. The molecule has 0 saturated heterocycles. The van der Waals surface area contributed by atoms with E-state index >= 15 is 0 Å². The van der Waals surface area contributed by atoms with Gasteiger partial charge in [0, 0.05) is 16.3 Å². The van der Waals surface area contributed by atoms with Gasteiger partial charge in [-0.1, -0.05) is 22.9 Å². The van der Waals surface area contributed by atoms with Crippen LogP contribution >= 0.6 is 27.7 Å². The first kappa shape index (κ1) is 12.4. The van der Waals surface area contributed by atoms with Crippen molar-refractivity contribution in [3.63, 3.8) is 0 Å². The van der Waals surface area contributed by atoms with E-state index in [0.717, 1.165) is 34.5 Å². The van der Waals surface area contributed by atoms with Crippen molar-refractivity contribution in [2.45, 2.75) is 25.1 Å². The molecule has 1 nitrogen and oxygen atoms in total. The first-order valence-electron chi connectivity index (χ1n) is 5.51. The second kappa shape index (κ2) is 5.52. The molecule has 0 amide bonds. The average Bonchev–Trinajstić information content (AvgIpc) is 2.42. The summed E-state index contributed by atoms with van der Waals surface area (Å²) in [4.78, 5) is 0. The molecule has 0 aliphatic carbocycles. The molecule has 1 aliphatic heterocycles. The van der Waals surface area contributed by atoms with Gasteiger partial charge >= 0.3 is 0 Å². The smallest absolute Gasteiger partial charge is 0.124 e. The molecular formula is C12H15BrFNS. The fourth-order valence-electron chi connectivity index (χ4n) is 2.08. The summed E-state index contributed by atoms with van der Waals surface area (Å²) in [5, 5.41) is 3.43. The van der Waals surface area contributed by atoms with Gasteiger partial charge in [0.1, 0.15) is 5.82 Å². The Labute approximate surface area is 108 Å². The first-order valence-corrected chi connectivity index (χ1v) is 7.46. The van der Waals surface area contributed by atoms with Crippen LogP contribution in [0.5, 0.6) is 0 Å². The molecule has 1 heterocycles. The Hall–Kier alpha value is -0.0600. The zero-order valence-electron chi connectivity index (χ0n) is 9.22. The molecule has 1 atom stereocenters. The highest BCUT2D eigenvalue weighted by atomic mass is 79.9. The van der Waals surface area contributed by atoms with Gasteiger partial charge < -0.3 is 5.32 Å². The van der Waals surface area contributed by atoms with Crippen LogP contribution in [0.15, 0.2) is 16.6 Å². The second-order valence-corrected chi connectivity index (χ2v) is 5.87. The van der Waals surface area contributed by atoms with Gasteiger partial charge in [-0.15, -0.1) is 0 Å². The summed E-state index contributed by atoms with van der Waals surface area (Å²) in [5.74, 6) is 1.94. The minimum atomic E-state index is -0.152. The van der Waals surface area contributed by atoms with Crippen molar-refractivity contribution in [3.8, 4) is 0 Å². The summed E-state index contributed by atoms with van der Waals surface area (Å²) in [6.45, 7) is 3.01. The zero-order valence-corrected chi connectivity index (χ0v) is 11.6. The van der Waals surface area contributed by atoms with Crippen LogP contribution < -0.4 is 5.32 Å². The molecule has 1 aromatic carbocycles. The summed E-state index contributed by atoms with van der Waals surface area (Å²) in [6, 6.07) is 3.54. The molecule has 0 saturated carbocycles. The maximum atomic E-state index is 13.4. The first-order chi connectivity index (χ1) is 7.72. The van der Waals surface area contributed by atoms with Crippen molar-refractivity contribution in [2.75, 3.05) is 12.3 Å². The van der Waals surface area contributed by atoms with Gasteiger partial charge in [0.25, 0.3) is 0 Å². The molecule has 1 aromatic rings. The normalized spacial score (nSPS) is 20.3. The monoisotopic (exact) mass is 303 g/mol. The molecule has 16 heavy (non-hydrogen) atoms. The van der Waals surface area contributed by atoms with Crippen molar-refractivity contribution in [1.82, 2.24) is 5.32 Å². The largest absolute Gasteiger partial charge is 0.310 e. The predicted molar refractivity (Wildman–Crippen MR) is 71.3 cm³/mol. The maximum Gasteiger partial charge on any atom is 0.124 e. The van der Waals surface area contributed by atoms with Crippen LogP contribution in [0.4, 0.5) is 4.39 Å². The third-order valence-electron chi connectivity index (χ3n) is 2.82. The van der Waals surface area contributed by atoms with E-state index in [1.165, 1.54) is 5.56 Å². The van der Waals surface area contributed by atoms with Crippen LogP contribution in [0.25, 0.3) is 0 Å². The minimum Gasteiger partial charge on any atom is -0.310 e. The molecule has 1 unspecified atom stereocenters. The van der Waals surface area contributed by atoms with Gasteiger partial charge in [0.05, 0.1) is 0 Å². The standard InChI is InChI=1S/C12H15BrFNS/c1-2-15-12-3-4-16-7-10-9(12)5-8(14)6-11(10)13/h5-6,12,15H,2-4,7H2,1H3. The fraction of sp³-hybridized carbons (Fsp3) is 0.500. The Morgan fingerprint density at radius 2 is 2.38 bits per heavy atom. The van der Waals surface area contributed by atoms with Crippen LogP contribution in [0.1, 0.15) is 30.5 Å². The van der Waals surface area contributed by atoms with Gasteiger partial charge in [0.2, 0.25) is 0 Å². The topological polar surface area (TPSA) is 12.0 Å². The number of rotatable bonds is 2. The Bertz CT molecular complexity index is 384. The molecule has 0 radical (unpaired) electrons. The van der Waals surface area contributed by atoms with Gasteiger partial charge in [-0.25, -0.2) is 4.39 Å². The summed E-state index contributed by atoms with van der Waals surface area (Å²) < 4.78 is 14.3. The van der Waals surface area contributed by atoms with Crippen LogP contribution in [0.3, 0.4) is 0 Å². The van der Waals surface area contributed by atoms with E-state index in [0.29, 0.717) is 6.04 Å². The molecular weight excluding hydrogens is 289 g/mol. The maximum absolute atomic E-state index is 13.4. The SMILES string of the molecule is CCNC1CCSCc2c(Br)cc(F)cc21. The average molecular weight is 304 g/mol. The lowest BCUT2D eigenvalue weighted by Gasteiger charge is -2.19. The molecule has 2 rings (SSSR count). The molecule has 0 spiro atoms. The van der Waals surface area contributed by atoms with Crippen molar-refractivity contribution >= 4 is 27.7 Å². The Kier molecular flexibility index (Phi) is 4.27. The van der Waals surface area contributed by atoms with Crippen LogP contribution in [-0.2, 0) is 5.75 Å². The highest BCUT2D eigenvalue weighted by Gasteiger charge is 2.20. The summed E-state index contributed by atoms with van der Waals surface area (Å²) in [5.41, 5.74) is 2.37. The number of thioether (sulfide) groups is 1. The van der Waals surface area contributed by atoms with Crippen molar-refractivity contribution in [1.29, 1.82) is 0 Å². The van der Waals surface area contributed by atoms with E-state index in [1.807, 2.05) is 11.8 Å². The van der Waals surface area contributed by atoms with E-state index in [-0.39, 0.29) is 5.82 Å². The van der Waals surface area contributed by atoms with Crippen LogP contribution in [0.2, 0.25) is 0 Å². The molecule has 1 N–H and O–H groups in total. The van der Waals surface area contributed by atoms with Crippen molar-refractivity contribution in [3.05, 3.63) is 33.5 Å².